The van der Waals surface area contributed by atoms with Gasteiger partial charge >= 0.3 is 0 Å². The van der Waals surface area contributed by atoms with Gasteiger partial charge in [0.25, 0.3) is 0 Å². The van der Waals surface area contributed by atoms with Crippen LogP contribution in [0, 0.1) is 11.6 Å². The van der Waals surface area contributed by atoms with Gasteiger partial charge in [0.1, 0.15) is 11.6 Å². The molecule has 1 aromatic carbocycles. The van der Waals surface area contributed by atoms with E-state index in [1.165, 1.54) is 0 Å². The number of sulfonamides is 1. The monoisotopic (exact) mass is 292 g/mol. The molecule has 0 saturated carbocycles. The fourth-order valence-electron chi connectivity index (χ4n) is 2.25. The maximum atomic E-state index is 13.7. The van der Waals surface area contributed by atoms with Crippen LogP contribution in [0.15, 0.2) is 17.0 Å². The minimum Gasteiger partial charge on any atom is -0.399 e. The number of nitrogen functional groups attached to an aromatic ring is 1. The van der Waals surface area contributed by atoms with E-state index in [1.54, 1.807) is 0 Å². The predicted octanol–water partition coefficient (Wildman–Crippen LogP) is 0.692. The van der Waals surface area contributed by atoms with Crippen LogP contribution < -0.4 is 5.73 Å². The number of aliphatic hydroxyl groups excluding tert-OH is 1. The van der Waals surface area contributed by atoms with Crippen molar-refractivity contribution in [3.8, 4) is 0 Å². The van der Waals surface area contributed by atoms with Gasteiger partial charge in [0, 0.05) is 18.3 Å². The third-order valence-electron chi connectivity index (χ3n) is 3.12. The fourth-order valence-corrected chi connectivity index (χ4v) is 4.03. The van der Waals surface area contributed by atoms with Crippen molar-refractivity contribution >= 4 is 15.7 Å². The lowest BCUT2D eigenvalue weighted by Crippen LogP contribution is -2.38. The summed E-state index contributed by atoms with van der Waals surface area (Å²) >= 11 is 0. The molecule has 1 fully saturated rings. The van der Waals surface area contributed by atoms with E-state index in [-0.39, 0.29) is 18.8 Å². The Bertz CT molecular complexity index is 569. The zero-order valence-electron chi connectivity index (χ0n) is 10.0. The van der Waals surface area contributed by atoms with E-state index < -0.39 is 32.6 Å². The molecule has 19 heavy (non-hydrogen) atoms. The number of aliphatic hydroxyl groups is 1. The second kappa shape index (κ2) is 5.03. The molecule has 0 bridgehead atoms. The zero-order valence-corrected chi connectivity index (χ0v) is 10.8. The lowest BCUT2D eigenvalue weighted by atomic mass is 10.2. The second-order valence-electron chi connectivity index (χ2n) is 4.41. The highest BCUT2D eigenvalue weighted by atomic mass is 32.2. The van der Waals surface area contributed by atoms with Gasteiger partial charge in [0.2, 0.25) is 10.0 Å². The second-order valence-corrected chi connectivity index (χ2v) is 6.24. The SMILES string of the molecule is Nc1cc(F)c(S(=O)(=O)N2CCCC2CO)c(F)c1. The van der Waals surface area contributed by atoms with Crippen LogP contribution in [0.4, 0.5) is 14.5 Å². The summed E-state index contributed by atoms with van der Waals surface area (Å²) in [4.78, 5) is -1.01. The van der Waals surface area contributed by atoms with Crippen LogP contribution in [0.1, 0.15) is 12.8 Å². The maximum absolute atomic E-state index is 13.7. The van der Waals surface area contributed by atoms with E-state index >= 15 is 0 Å². The van der Waals surface area contributed by atoms with Crippen LogP contribution in [0.25, 0.3) is 0 Å². The number of hydrogen-bond donors (Lipinski definition) is 2. The lowest BCUT2D eigenvalue weighted by Gasteiger charge is -2.22. The van der Waals surface area contributed by atoms with Crippen LogP contribution in [0.5, 0.6) is 0 Å². The van der Waals surface area contributed by atoms with Gasteiger partial charge < -0.3 is 10.8 Å². The van der Waals surface area contributed by atoms with Crippen LogP contribution in [-0.2, 0) is 10.0 Å². The number of nitrogens with zero attached hydrogens (tertiary/aromatic N) is 1. The van der Waals surface area contributed by atoms with E-state index in [2.05, 4.69) is 0 Å². The first kappa shape index (κ1) is 14.2. The Morgan fingerprint density at radius 2 is 1.95 bits per heavy atom. The van der Waals surface area contributed by atoms with Crippen LogP contribution >= 0.6 is 0 Å². The van der Waals surface area contributed by atoms with Gasteiger partial charge in [0.05, 0.1) is 6.61 Å². The van der Waals surface area contributed by atoms with Gasteiger partial charge in [-0.25, -0.2) is 17.2 Å². The number of anilines is 1. The highest BCUT2D eigenvalue weighted by Crippen LogP contribution is 2.30. The molecule has 0 amide bonds. The molecule has 5 nitrogen and oxygen atoms in total. The number of benzene rings is 1. The van der Waals surface area contributed by atoms with E-state index in [4.69, 9.17) is 10.8 Å². The average molecular weight is 292 g/mol. The van der Waals surface area contributed by atoms with Gasteiger partial charge in [-0.15, -0.1) is 0 Å². The lowest BCUT2D eigenvalue weighted by molar-refractivity contribution is 0.213. The van der Waals surface area contributed by atoms with E-state index in [0.717, 1.165) is 16.4 Å². The van der Waals surface area contributed by atoms with Crippen molar-refractivity contribution in [3.05, 3.63) is 23.8 Å². The highest BCUT2D eigenvalue weighted by molar-refractivity contribution is 7.89. The minimum absolute atomic E-state index is 0.136. The van der Waals surface area contributed by atoms with Crippen LogP contribution in [0.2, 0.25) is 0 Å². The highest BCUT2D eigenvalue weighted by Gasteiger charge is 2.38. The molecule has 1 atom stereocenters. The number of halogens is 2. The molecule has 8 heteroatoms. The molecule has 1 aromatic rings. The summed E-state index contributed by atoms with van der Waals surface area (Å²) in [5.41, 5.74) is 5.06. The summed E-state index contributed by atoms with van der Waals surface area (Å²) < 4.78 is 52.8. The van der Waals surface area contributed by atoms with Gasteiger partial charge in [-0.3, -0.25) is 0 Å². The summed E-state index contributed by atoms with van der Waals surface area (Å²) in [5.74, 6) is -2.44. The normalized spacial score (nSPS) is 20.9. The Morgan fingerprint density at radius 3 is 2.47 bits per heavy atom. The topological polar surface area (TPSA) is 83.6 Å². The van der Waals surface area contributed by atoms with E-state index in [9.17, 15) is 17.2 Å². The third-order valence-corrected chi connectivity index (χ3v) is 5.13. The van der Waals surface area contributed by atoms with Crippen molar-refractivity contribution in [2.24, 2.45) is 0 Å². The smallest absolute Gasteiger partial charge is 0.249 e. The van der Waals surface area contributed by atoms with Crippen molar-refractivity contribution in [1.29, 1.82) is 0 Å². The van der Waals surface area contributed by atoms with Crippen molar-refractivity contribution in [2.45, 2.75) is 23.8 Å². The molecule has 1 aliphatic rings. The molecular weight excluding hydrogens is 278 g/mol. The Balaban J connectivity index is 2.51. The quantitative estimate of drug-likeness (QED) is 0.803. The fraction of sp³-hybridized carbons (Fsp3) is 0.455. The largest absolute Gasteiger partial charge is 0.399 e. The molecule has 0 aromatic heterocycles. The Morgan fingerprint density at radius 1 is 1.37 bits per heavy atom. The first-order chi connectivity index (χ1) is 8.87. The molecule has 1 saturated heterocycles. The zero-order chi connectivity index (χ0) is 14.2. The Hall–Kier alpha value is -1.25. The summed E-state index contributed by atoms with van der Waals surface area (Å²) in [6.07, 6.45) is 1.01. The predicted molar refractivity (Wildman–Crippen MR) is 64.8 cm³/mol. The van der Waals surface area contributed by atoms with Crippen molar-refractivity contribution in [3.63, 3.8) is 0 Å². The van der Waals surface area contributed by atoms with Gasteiger partial charge in [-0.05, 0) is 25.0 Å². The molecule has 1 unspecified atom stereocenters. The average Bonchev–Trinajstić information content (AvgIpc) is 2.75. The van der Waals surface area contributed by atoms with Gasteiger partial charge in [-0.1, -0.05) is 0 Å². The molecule has 1 heterocycles. The van der Waals surface area contributed by atoms with Crippen LogP contribution in [-0.4, -0.2) is 37.0 Å². The van der Waals surface area contributed by atoms with Crippen molar-refractivity contribution in [2.75, 3.05) is 18.9 Å². The van der Waals surface area contributed by atoms with E-state index in [1.807, 2.05) is 0 Å². The standard InChI is InChI=1S/C11H14F2N2O3S/c12-9-4-7(14)5-10(13)11(9)19(17,18)15-3-1-2-8(15)6-16/h4-5,8,16H,1-3,6,14H2. The number of hydrogen-bond acceptors (Lipinski definition) is 4. The number of rotatable bonds is 3. The summed E-state index contributed by atoms with van der Waals surface area (Å²) in [6, 6.07) is 0.890. The molecule has 1 aliphatic heterocycles. The molecular formula is C11H14F2N2O3S. The van der Waals surface area contributed by atoms with Crippen molar-refractivity contribution in [1.82, 2.24) is 4.31 Å². The van der Waals surface area contributed by atoms with Gasteiger partial charge in [-0.2, -0.15) is 4.31 Å². The maximum Gasteiger partial charge on any atom is 0.249 e. The first-order valence-electron chi connectivity index (χ1n) is 5.75. The van der Waals surface area contributed by atoms with Crippen LogP contribution in [0.3, 0.4) is 0 Å². The first-order valence-corrected chi connectivity index (χ1v) is 7.19. The third kappa shape index (κ3) is 2.43. The molecule has 0 spiro atoms. The minimum atomic E-state index is -4.31. The van der Waals surface area contributed by atoms with Crippen molar-refractivity contribution < 1.29 is 22.3 Å². The van der Waals surface area contributed by atoms with E-state index in [0.29, 0.717) is 12.8 Å². The summed E-state index contributed by atoms with van der Waals surface area (Å²) in [6.45, 7) is -0.242. The molecule has 0 radical (unpaired) electrons. The number of nitrogens with two attached hydrogens (primary N) is 1. The summed E-state index contributed by atoms with van der Waals surface area (Å²) in [5, 5.41) is 9.12. The molecule has 3 N–H and O–H groups in total. The van der Waals surface area contributed by atoms with Gasteiger partial charge in [0.15, 0.2) is 4.90 Å². The Labute approximate surface area is 109 Å². The summed E-state index contributed by atoms with van der Waals surface area (Å²) in [7, 11) is -4.31. The molecule has 2 rings (SSSR count). The molecule has 0 aliphatic carbocycles. The molecule has 106 valence electrons. The Kier molecular flexibility index (Phi) is 3.75.